The monoisotopic (exact) mass is 456 g/mol. The molecule has 0 saturated carbocycles. The predicted octanol–water partition coefficient (Wildman–Crippen LogP) is 4.56. The van der Waals surface area contributed by atoms with Crippen molar-refractivity contribution in [2.24, 2.45) is 0 Å². The van der Waals surface area contributed by atoms with Crippen molar-refractivity contribution >= 4 is 44.8 Å². The Morgan fingerprint density at radius 3 is 2.55 bits per heavy atom. The molecule has 0 atom stereocenters. The van der Waals surface area contributed by atoms with E-state index in [2.05, 4.69) is 5.32 Å². The van der Waals surface area contributed by atoms with Gasteiger partial charge in [-0.15, -0.1) is 0 Å². The van der Waals surface area contributed by atoms with Gasteiger partial charge < -0.3 is 9.73 Å². The SMILES string of the molecule is O=C(CN(Cc1ccco1)S(=O)(=O)c1ccccc1F)Nc1cc(Cl)ccc1Cl. The zero-order valence-corrected chi connectivity index (χ0v) is 17.1. The molecule has 0 aliphatic carbocycles. The Labute approximate surface area is 176 Å². The Hall–Kier alpha value is -2.39. The summed E-state index contributed by atoms with van der Waals surface area (Å²) in [4.78, 5) is 12.0. The van der Waals surface area contributed by atoms with E-state index < -0.39 is 33.2 Å². The first kappa shape index (κ1) is 21.3. The van der Waals surface area contributed by atoms with Crippen molar-refractivity contribution in [1.82, 2.24) is 4.31 Å². The topological polar surface area (TPSA) is 79.6 Å². The van der Waals surface area contributed by atoms with Crippen molar-refractivity contribution in [2.45, 2.75) is 11.4 Å². The molecule has 2 aromatic carbocycles. The zero-order valence-electron chi connectivity index (χ0n) is 14.8. The number of anilines is 1. The third kappa shape index (κ3) is 5.16. The van der Waals surface area contributed by atoms with E-state index in [9.17, 15) is 17.6 Å². The smallest absolute Gasteiger partial charge is 0.246 e. The van der Waals surface area contributed by atoms with Crippen LogP contribution >= 0.6 is 23.2 Å². The molecule has 0 bridgehead atoms. The number of furan rings is 1. The number of benzene rings is 2. The first-order valence-corrected chi connectivity index (χ1v) is 10.5. The third-order valence-electron chi connectivity index (χ3n) is 3.89. The summed E-state index contributed by atoms with van der Waals surface area (Å²) in [6, 6.07) is 12.5. The molecule has 0 aliphatic heterocycles. The van der Waals surface area contributed by atoms with Gasteiger partial charge in [-0.25, -0.2) is 12.8 Å². The van der Waals surface area contributed by atoms with E-state index >= 15 is 0 Å². The van der Waals surface area contributed by atoms with Crippen LogP contribution in [-0.2, 0) is 21.4 Å². The predicted molar refractivity (Wildman–Crippen MR) is 108 cm³/mol. The van der Waals surface area contributed by atoms with Gasteiger partial charge >= 0.3 is 0 Å². The molecule has 6 nitrogen and oxygen atoms in total. The second-order valence-electron chi connectivity index (χ2n) is 5.96. The number of halogens is 3. The van der Waals surface area contributed by atoms with Crippen LogP contribution < -0.4 is 5.32 Å². The minimum atomic E-state index is -4.34. The normalized spacial score (nSPS) is 11.6. The zero-order chi connectivity index (χ0) is 21.0. The van der Waals surface area contributed by atoms with Crippen LogP contribution in [0, 0.1) is 5.82 Å². The van der Waals surface area contributed by atoms with Gasteiger partial charge in [-0.05, 0) is 42.5 Å². The average Bonchev–Trinajstić information content (AvgIpc) is 3.17. The molecule has 152 valence electrons. The highest BCUT2D eigenvalue weighted by atomic mass is 35.5. The van der Waals surface area contributed by atoms with E-state index in [4.69, 9.17) is 27.6 Å². The molecule has 0 spiro atoms. The van der Waals surface area contributed by atoms with Crippen LogP contribution in [0.25, 0.3) is 0 Å². The highest BCUT2D eigenvalue weighted by molar-refractivity contribution is 7.89. The summed E-state index contributed by atoms with van der Waals surface area (Å²) in [5.74, 6) is -1.31. The summed E-state index contributed by atoms with van der Waals surface area (Å²) >= 11 is 11.9. The fourth-order valence-corrected chi connectivity index (χ4v) is 4.30. The number of rotatable bonds is 7. The second kappa shape index (κ2) is 8.96. The maximum atomic E-state index is 14.1. The lowest BCUT2D eigenvalue weighted by Crippen LogP contribution is -2.37. The molecule has 3 aromatic rings. The number of hydrogen-bond donors (Lipinski definition) is 1. The molecule has 0 fully saturated rings. The quantitative estimate of drug-likeness (QED) is 0.565. The van der Waals surface area contributed by atoms with Crippen LogP contribution in [0.5, 0.6) is 0 Å². The number of amides is 1. The average molecular weight is 457 g/mol. The summed E-state index contributed by atoms with van der Waals surface area (Å²) in [6.07, 6.45) is 1.37. The van der Waals surface area contributed by atoms with Gasteiger partial charge in [0.15, 0.2) is 0 Å². The van der Waals surface area contributed by atoms with E-state index in [0.29, 0.717) is 10.8 Å². The Morgan fingerprint density at radius 2 is 1.86 bits per heavy atom. The minimum Gasteiger partial charge on any atom is -0.468 e. The number of nitrogens with one attached hydrogen (secondary N) is 1. The van der Waals surface area contributed by atoms with Crippen LogP contribution in [0.4, 0.5) is 10.1 Å². The number of carbonyl (C=O) groups is 1. The highest BCUT2D eigenvalue weighted by Crippen LogP contribution is 2.26. The lowest BCUT2D eigenvalue weighted by atomic mass is 10.3. The van der Waals surface area contributed by atoms with Gasteiger partial charge in [0.05, 0.1) is 30.1 Å². The molecule has 1 N–H and O–H groups in total. The van der Waals surface area contributed by atoms with Crippen LogP contribution in [-0.4, -0.2) is 25.2 Å². The van der Waals surface area contributed by atoms with Crippen molar-refractivity contribution in [3.8, 4) is 0 Å². The molecule has 10 heteroatoms. The van der Waals surface area contributed by atoms with Crippen molar-refractivity contribution in [2.75, 3.05) is 11.9 Å². The third-order valence-corrected chi connectivity index (χ3v) is 6.28. The molecule has 1 heterocycles. The summed E-state index contributed by atoms with van der Waals surface area (Å²) in [6.45, 7) is -0.861. The summed E-state index contributed by atoms with van der Waals surface area (Å²) < 4.78 is 46.2. The van der Waals surface area contributed by atoms with E-state index in [1.54, 1.807) is 18.2 Å². The van der Waals surface area contributed by atoms with Crippen LogP contribution in [0.3, 0.4) is 0 Å². The van der Waals surface area contributed by atoms with Gasteiger partial charge in [0.2, 0.25) is 15.9 Å². The molecule has 0 saturated heterocycles. The molecule has 1 amide bonds. The first-order valence-electron chi connectivity index (χ1n) is 8.29. The lowest BCUT2D eigenvalue weighted by Gasteiger charge is -2.21. The fraction of sp³-hybridized carbons (Fsp3) is 0.105. The minimum absolute atomic E-state index is 0.227. The number of nitrogens with zero attached hydrogens (tertiary/aromatic N) is 1. The number of sulfonamides is 1. The second-order valence-corrected chi connectivity index (χ2v) is 8.71. The molecule has 3 rings (SSSR count). The van der Waals surface area contributed by atoms with Gasteiger partial charge in [0.25, 0.3) is 0 Å². The molecule has 29 heavy (non-hydrogen) atoms. The highest BCUT2D eigenvalue weighted by Gasteiger charge is 2.30. The maximum absolute atomic E-state index is 14.1. The fourth-order valence-electron chi connectivity index (χ4n) is 2.54. The van der Waals surface area contributed by atoms with E-state index in [-0.39, 0.29) is 17.3 Å². The van der Waals surface area contributed by atoms with Crippen LogP contribution in [0.2, 0.25) is 10.0 Å². The largest absolute Gasteiger partial charge is 0.468 e. The summed E-state index contributed by atoms with van der Waals surface area (Å²) in [7, 11) is -4.34. The van der Waals surface area contributed by atoms with Gasteiger partial charge in [-0.2, -0.15) is 4.31 Å². The Morgan fingerprint density at radius 1 is 1.10 bits per heavy atom. The summed E-state index contributed by atoms with van der Waals surface area (Å²) in [5.41, 5.74) is 0.227. The molecular formula is C19H15Cl2FN2O4S. The van der Waals surface area contributed by atoms with Gasteiger partial charge in [-0.1, -0.05) is 35.3 Å². The van der Waals surface area contributed by atoms with E-state index in [0.717, 1.165) is 16.4 Å². The maximum Gasteiger partial charge on any atom is 0.246 e. The van der Waals surface area contributed by atoms with E-state index in [1.165, 1.54) is 30.5 Å². The van der Waals surface area contributed by atoms with Gasteiger partial charge in [0, 0.05) is 5.02 Å². The van der Waals surface area contributed by atoms with Crippen molar-refractivity contribution in [1.29, 1.82) is 0 Å². The Balaban J connectivity index is 1.88. The molecule has 0 radical (unpaired) electrons. The van der Waals surface area contributed by atoms with Crippen LogP contribution in [0.1, 0.15) is 5.76 Å². The van der Waals surface area contributed by atoms with Gasteiger partial charge in [0.1, 0.15) is 16.5 Å². The first-order chi connectivity index (χ1) is 13.8. The standard InChI is InChI=1S/C19H15Cl2FN2O4S/c20-13-7-8-15(21)17(10-13)23-19(25)12-24(11-14-4-3-9-28-14)29(26,27)18-6-2-1-5-16(18)22/h1-10H,11-12H2,(H,23,25). The molecular weight excluding hydrogens is 442 g/mol. The molecule has 1 aromatic heterocycles. The Kier molecular flexibility index (Phi) is 6.59. The van der Waals surface area contributed by atoms with Crippen molar-refractivity contribution < 1.29 is 22.0 Å². The molecule has 0 aliphatic rings. The van der Waals surface area contributed by atoms with Crippen LogP contribution in [0.15, 0.2) is 70.2 Å². The van der Waals surface area contributed by atoms with Gasteiger partial charge in [-0.3, -0.25) is 4.79 Å². The molecule has 0 unspecified atom stereocenters. The van der Waals surface area contributed by atoms with E-state index in [1.807, 2.05) is 0 Å². The summed E-state index contributed by atoms with van der Waals surface area (Å²) in [5, 5.41) is 3.09. The lowest BCUT2D eigenvalue weighted by molar-refractivity contribution is -0.116. The Bertz CT molecular complexity index is 1120. The van der Waals surface area contributed by atoms with Crippen molar-refractivity contribution in [3.63, 3.8) is 0 Å². The van der Waals surface area contributed by atoms with Crippen molar-refractivity contribution in [3.05, 3.63) is 82.5 Å². The number of carbonyl (C=O) groups excluding carboxylic acids is 1. The number of hydrogen-bond acceptors (Lipinski definition) is 4.